The first-order chi connectivity index (χ1) is 7.91. The minimum Gasteiger partial charge on any atom is -0.480 e. The summed E-state index contributed by atoms with van der Waals surface area (Å²) in [4.78, 5) is 11.3. The van der Waals surface area contributed by atoms with Crippen molar-refractivity contribution in [3.05, 3.63) is 35.4 Å². The van der Waals surface area contributed by atoms with Gasteiger partial charge in [0.2, 0.25) is 0 Å². The van der Waals surface area contributed by atoms with E-state index in [0.717, 1.165) is 31.0 Å². The van der Waals surface area contributed by atoms with Crippen LogP contribution in [-0.4, -0.2) is 17.1 Å². The maximum absolute atomic E-state index is 13.1. The fourth-order valence-electron chi connectivity index (χ4n) is 1.75. The minimum absolute atomic E-state index is 0.0920. The SMILES string of the molecule is CC(NC1CC1)(C(=O)O)c1cc(F)cc(F)c1. The Kier molecular flexibility index (Phi) is 2.87. The molecule has 2 N–H and O–H groups in total. The first kappa shape index (κ1) is 12.0. The molecule has 1 aliphatic carbocycles. The van der Waals surface area contributed by atoms with Crippen molar-refractivity contribution < 1.29 is 18.7 Å². The molecule has 1 aromatic rings. The number of nitrogens with one attached hydrogen (secondary N) is 1. The molecule has 3 nitrogen and oxygen atoms in total. The van der Waals surface area contributed by atoms with Gasteiger partial charge in [0, 0.05) is 12.1 Å². The van der Waals surface area contributed by atoms with E-state index in [0.29, 0.717) is 0 Å². The lowest BCUT2D eigenvalue weighted by molar-refractivity contribution is -0.144. The van der Waals surface area contributed by atoms with E-state index < -0.39 is 23.1 Å². The molecular weight excluding hydrogens is 228 g/mol. The van der Waals surface area contributed by atoms with Crippen LogP contribution in [-0.2, 0) is 10.3 Å². The van der Waals surface area contributed by atoms with Crippen molar-refractivity contribution in [2.24, 2.45) is 0 Å². The van der Waals surface area contributed by atoms with Crippen molar-refractivity contribution in [1.82, 2.24) is 5.32 Å². The van der Waals surface area contributed by atoms with E-state index in [1.807, 2.05) is 0 Å². The summed E-state index contributed by atoms with van der Waals surface area (Å²) in [7, 11) is 0. The third-order valence-electron chi connectivity index (χ3n) is 2.94. The van der Waals surface area contributed by atoms with Gasteiger partial charge in [0.25, 0.3) is 0 Å². The third-order valence-corrected chi connectivity index (χ3v) is 2.94. The van der Waals surface area contributed by atoms with E-state index in [9.17, 15) is 18.7 Å². The summed E-state index contributed by atoms with van der Waals surface area (Å²) >= 11 is 0. The predicted octanol–water partition coefficient (Wildman–Crippen LogP) is 2.02. The van der Waals surface area contributed by atoms with Crippen LogP contribution in [0.4, 0.5) is 8.78 Å². The van der Waals surface area contributed by atoms with Gasteiger partial charge in [-0.2, -0.15) is 0 Å². The minimum atomic E-state index is -1.45. The van der Waals surface area contributed by atoms with Crippen LogP contribution in [0.1, 0.15) is 25.3 Å². The van der Waals surface area contributed by atoms with Gasteiger partial charge in [0.05, 0.1) is 0 Å². The summed E-state index contributed by atoms with van der Waals surface area (Å²) < 4.78 is 26.2. The fourth-order valence-corrected chi connectivity index (χ4v) is 1.75. The molecule has 17 heavy (non-hydrogen) atoms. The van der Waals surface area contributed by atoms with Crippen LogP contribution in [0.3, 0.4) is 0 Å². The molecule has 5 heteroatoms. The molecule has 0 radical (unpaired) electrons. The van der Waals surface area contributed by atoms with Crippen LogP contribution < -0.4 is 5.32 Å². The van der Waals surface area contributed by atoms with Crippen LogP contribution in [0.2, 0.25) is 0 Å². The van der Waals surface area contributed by atoms with Crippen molar-refractivity contribution in [3.63, 3.8) is 0 Å². The number of hydrogen-bond acceptors (Lipinski definition) is 2. The number of aliphatic carboxylic acids is 1. The Bertz CT molecular complexity index is 440. The summed E-state index contributed by atoms with van der Waals surface area (Å²) in [6.07, 6.45) is 1.78. The third kappa shape index (κ3) is 2.44. The largest absolute Gasteiger partial charge is 0.480 e. The molecule has 1 aliphatic rings. The summed E-state index contributed by atoms with van der Waals surface area (Å²) in [5.41, 5.74) is -1.36. The second-order valence-electron chi connectivity index (χ2n) is 4.51. The molecule has 1 unspecified atom stereocenters. The number of carboxylic acid groups (broad SMARTS) is 1. The fraction of sp³-hybridized carbons (Fsp3) is 0.417. The molecule has 0 aromatic heterocycles. The van der Waals surface area contributed by atoms with Crippen molar-refractivity contribution in [3.8, 4) is 0 Å². The van der Waals surface area contributed by atoms with E-state index in [4.69, 9.17) is 0 Å². The molecule has 0 aliphatic heterocycles. The lowest BCUT2D eigenvalue weighted by Crippen LogP contribution is -2.47. The zero-order valence-electron chi connectivity index (χ0n) is 9.34. The maximum Gasteiger partial charge on any atom is 0.328 e. The number of benzene rings is 1. The molecule has 1 saturated carbocycles. The van der Waals surface area contributed by atoms with Gasteiger partial charge in [0.1, 0.15) is 17.2 Å². The van der Waals surface area contributed by atoms with Crippen LogP contribution in [0.25, 0.3) is 0 Å². The second kappa shape index (κ2) is 4.07. The van der Waals surface area contributed by atoms with Gasteiger partial charge in [-0.15, -0.1) is 0 Å². The van der Waals surface area contributed by atoms with E-state index in [-0.39, 0.29) is 11.6 Å². The average molecular weight is 241 g/mol. The Labute approximate surface area is 97.5 Å². The van der Waals surface area contributed by atoms with Gasteiger partial charge in [-0.1, -0.05) is 0 Å². The second-order valence-corrected chi connectivity index (χ2v) is 4.51. The van der Waals surface area contributed by atoms with Crippen LogP contribution in [0.5, 0.6) is 0 Å². The van der Waals surface area contributed by atoms with Crippen LogP contribution in [0.15, 0.2) is 18.2 Å². The predicted molar refractivity (Wildman–Crippen MR) is 57.5 cm³/mol. The monoisotopic (exact) mass is 241 g/mol. The number of carboxylic acids is 1. The topological polar surface area (TPSA) is 49.3 Å². The molecule has 92 valence electrons. The first-order valence-corrected chi connectivity index (χ1v) is 5.39. The van der Waals surface area contributed by atoms with Crippen molar-refractivity contribution in [2.45, 2.75) is 31.3 Å². The number of hydrogen-bond donors (Lipinski definition) is 2. The Morgan fingerprint density at radius 3 is 2.29 bits per heavy atom. The molecule has 2 rings (SSSR count). The highest BCUT2D eigenvalue weighted by molar-refractivity contribution is 5.80. The standard InChI is InChI=1S/C12H13F2NO2/c1-12(11(16)17,15-10-2-3-10)7-4-8(13)6-9(14)5-7/h4-6,10,15H,2-3H2,1H3,(H,16,17). The van der Waals surface area contributed by atoms with Gasteiger partial charge in [-0.05, 0) is 37.5 Å². The Morgan fingerprint density at radius 2 is 1.88 bits per heavy atom. The molecule has 1 aromatic carbocycles. The number of halogens is 2. The normalized spacial score (nSPS) is 18.8. The van der Waals surface area contributed by atoms with Crippen molar-refractivity contribution in [1.29, 1.82) is 0 Å². The van der Waals surface area contributed by atoms with Crippen molar-refractivity contribution in [2.75, 3.05) is 0 Å². The smallest absolute Gasteiger partial charge is 0.328 e. The zero-order valence-corrected chi connectivity index (χ0v) is 9.34. The molecule has 0 amide bonds. The van der Waals surface area contributed by atoms with Crippen molar-refractivity contribution >= 4 is 5.97 Å². The Morgan fingerprint density at radius 1 is 1.35 bits per heavy atom. The lowest BCUT2D eigenvalue weighted by atomic mass is 9.91. The molecule has 0 spiro atoms. The van der Waals surface area contributed by atoms with Gasteiger partial charge in [-0.3, -0.25) is 5.32 Å². The highest BCUT2D eigenvalue weighted by Crippen LogP contribution is 2.29. The Balaban J connectivity index is 2.40. The molecule has 0 bridgehead atoms. The molecular formula is C12H13F2NO2. The molecule has 1 fully saturated rings. The van der Waals surface area contributed by atoms with Gasteiger partial charge in [0.15, 0.2) is 0 Å². The zero-order chi connectivity index (χ0) is 12.6. The summed E-state index contributed by atoms with van der Waals surface area (Å²) in [6.45, 7) is 1.42. The number of carbonyl (C=O) groups is 1. The van der Waals surface area contributed by atoms with E-state index in [1.165, 1.54) is 6.92 Å². The van der Waals surface area contributed by atoms with Gasteiger partial charge < -0.3 is 5.11 Å². The summed E-state index contributed by atoms with van der Waals surface area (Å²) in [5.74, 6) is -2.69. The lowest BCUT2D eigenvalue weighted by Gasteiger charge is -2.27. The summed E-state index contributed by atoms with van der Waals surface area (Å²) in [6, 6.07) is 2.93. The number of rotatable bonds is 4. The maximum atomic E-state index is 13.1. The average Bonchev–Trinajstić information content (AvgIpc) is 2.99. The molecule has 1 atom stereocenters. The highest BCUT2D eigenvalue weighted by atomic mass is 19.1. The van der Waals surface area contributed by atoms with E-state index in [1.54, 1.807) is 0 Å². The van der Waals surface area contributed by atoms with Gasteiger partial charge >= 0.3 is 5.97 Å². The molecule has 0 heterocycles. The highest BCUT2D eigenvalue weighted by Gasteiger charge is 2.40. The van der Waals surface area contributed by atoms with Crippen LogP contribution in [0, 0.1) is 11.6 Å². The van der Waals surface area contributed by atoms with E-state index in [2.05, 4.69) is 5.32 Å². The summed E-state index contributed by atoms with van der Waals surface area (Å²) in [5, 5.41) is 12.1. The Hall–Kier alpha value is -1.49. The molecule has 0 saturated heterocycles. The van der Waals surface area contributed by atoms with E-state index >= 15 is 0 Å². The quantitative estimate of drug-likeness (QED) is 0.847. The van der Waals surface area contributed by atoms with Gasteiger partial charge in [-0.25, -0.2) is 13.6 Å². The van der Waals surface area contributed by atoms with Crippen LogP contribution >= 0.6 is 0 Å². The first-order valence-electron chi connectivity index (χ1n) is 5.39.